The molecular weight excluding hydrogens is 378 g/mol. The van der Waals surface area contributed by atoms with Crippen molar-refractivity contribution in [1.29, 1.82) is 0 Å². The lowest BCUT2D eigenvalue weighted by atomic mass is 10.1. The van der Waals surface area contributed by atoms with E-state index in [1.54, 1.807) is 37.4 Å². The van der Waals surface area contributed by atoms with Crippen molar-refractivity contribution < 1.29 is 13.2 Å². The number of hydrogen-bond acceptors (Lipinski definition) is 5. The predicted octanol–water partition coefficient (Wildman–Crippen LogP) is 2.68. The van der Waals surface area contributed by atoms with Crippen LogP contribution >= 0.6 is 0 Å². The number of aromatic nitrogens is 3. The summed E-state index contributed by atoms with van der Waals surface area (Å²) < 4.78 is 29.2. The second kappa shape index (κ2) is 6.99. The first-order valence-electron chi connectivity index (χ1n) is 8.74. The van der Waals surface area contributed by atoms with Gasteiger partial charge in [-0.2, -0.15) is 5.10 Å². The highest BCUT2D eigenvalue weighted by Crippen LogP contribution is 2.19. The molecular formula is C19H23N5O3S. The molecule has 28 heavy (non-hydrogen) atoms. The normalized spacial score (nSPS) is 12.3. The lowest BCUT2D eigenvalue weighted by Gasteiger charge is -2.20. The molecule has 0 atom stereocenters. The number of amides is 1. The number of rotatable bonds is 4. The van der Waals surface area contributed by atoms with E-state index in [1.165, 1.54) is 18.3 Å². The Kier molecular flexibility index (Phi) is 4.99. The average molecular weight is 401 g/mol. The summed E-state index contributed by atoms with van der Waals surface area (Å²) in [5.74, 6) is -0.411. The van der Waals surface area contributed by atoms with Gasteiger partial charge >= 0.3 is 0 Å². The zero-order valence-corrected chi connectivity index (χ0v) is 17.3. The molecule has 0 saturated heterocycles. The van der Waals surface area contributed by atoms with Gasteiger partial charge in [0.2, 0.25) is 10.0 Å². The van der Waals surface area contributed by atoms with E-state index in [0.717, 1.165) is 11.4 Å². The van der Waals surface area contributed by atoms with Crippen LogP contribution in [-0.4, -0.2) is 34.5 Å². The van der Waals surface area contributed by atoms with Gasteiger partial charge in [0.1, 0.15) is 5.56 Å². The quantitative estimate of drug-likeness (QED) is 0.699. The summed E-state index contributed by atoms with van der Waals surface area (Å²) in [6, 6.07) is 7.98. The Bertz CT molecular complexity index is 1160. The number of nitrogens with one attached hydrogen (secondary N) is 2. The van der Waals surface area contributed by atoms with Crippen molar-refractivity contribution in [2.24, 2.45) is 0 Å². The van der Waals surface area contributed by atoms with Gasteiger partial charge < -0.3 is 5.32 Å². The zero-order valence-electron chi connectivity index (χ0n) is 16.4. The van der Waals surface area contributed by atoms with Gasteiger partial charge in [-0.05, 0) is 58.9 Å². The number of sulfonamides is 1. The van der Waals surface area contributed by atoms with Gasteiger partial charge in [0.05, 0.1) is 11.1 Å². The number of benzene rings is 1. The smallest absolute Gasteiger partial charge is 0.261 e. The molecule has 0 unspecified atom stereocenters. The highest BCUT2D eigenvalue weighted by Gasteiger charge is 2.22. The topological polar surface area (TPSA) is 105 Å². The number of aryl methyl sites for hydroxylation is 2. The maximum atomic E-state index is 12.7. The minimum Gasteiger partial charge on any atom is -0.322 e. The molecule has 1 amide bonds. The average Bonchev–Trinajstić information content (AvgIpc) is 2.97. The lowest BCUT2D eigenvalue weighted by Crippen LogP contribution is -2.40. The van der Waals surface area contributed by atoms with Crippen LogP contribution in [0.5, 0.6) is 0 Å². The molecule has 8 nitrogen and oxygen atoms in total. The zero-order chi connectivity index (χ0) is 20.7. The molecule has 0 bridgehead atoms. The Labute approximate surface area is 164 Å². The van der Waals surface area contributed by atoms with Crippen LogP contribution < -0.4 is 10.0 Å². The summed E-state index contributed by atoms with van der Waals surface area (Å²) in [5.41, 5.74) is 2.16. The molecule has 0 spiro atoms. The molecule has 0 aliphatic rings. The monoisotopic (exact) mass is 401 g/mol. The third-order valence-corrected chi connectivity index (χ3v) is 5.62. The van der Waals surface area contributed by atoms with E-state index in [1.807, 2.05) is 19.9 Å². The van der Waals surface area contributed by atoms with E-state index in [0.29, 0.717) is 16.9 Å². The number of anilines is 1. The number of fused-ring (bicyclic) bond motifs is 1. The number of hydrogen-bond donors (Lipinski definition) is 2. The number of carbonyl (C=O) groups excluding carboxylic acids is 1. The molecule has 148 valence electrons. The minimum atomic E-state index is -3.71. The fourth-order valence-corrected chi connectivity index (χ4v) is 4.30. The highest BCUT2D eigenvalue weighted by atomic mass is 32.2. The van der Waals surface area contributed by atoms with Crippen LogP contribution in [0, 0.1) is 13.8 Å². The first-order valence-corrected chi connectivity index (χ1v) is 10.2. The summed E-state index contributed by atoms with van der Waals surface area (Å²) in [5, 5.41) is 6.93. The van der Waals surface area contributed by atoms with Crippen LogP contribution in [0.2, 0.25) is 0 Å². The first kappa shape index (κ1) is 20.0. The van der Waals surface area contributed by atoms with E-state index < -0.39 is 21.5 Å². The van der Waals surface area contributed by atoms with E-state index in [4.69, 9.17) is 0 Å². The Balaban J connectivity index is 1.90. The first-order chi connectivity index (χ1) is 13.0. The van der Waals surface area contributed by atoms with E-state index in [2.05, 4.69) is 20.1 Å². The maximum absolute atomic E-state index is 12.7. The Hall–Kier alpha value is -2.78. The second-order valence-corrected chi connectivity index (χ2v) is 9.35. The molecule has 0 aliphatic carbocycles. The van der Waals surface area contributed by atoms with Gasteiger partial charge in [-0.1, -0.05) is 6.07 Å². The van der Waals surface area contributed by atoms with Gasteiger partial charge in [-0.25, -0.2) is 22.6 Å². The molecule has 0 saturated carbocycles. The van der Waals surface area contributed by atoms with Gasteiger partial charge in [0, 0.05) is 22.6 Å². The molecule has 2 aromatic heterocycles. The molecule has 0 fully saturated rings. The van der Waals surface area contributed by atoms with Crippen LogP contribution in [-0.2, 0) is 10.0 Å². The fraction of sp³-hybridized carbons (Fsp3) is 0.316. The van der Waals surface area contributed by atoms with Crippen molar-refractivity contribution in [3.05, 3.63) is 53.5 Å². The molecule has 0 radical (unpaired) electrons. The van der Waals surface area contributed by atoms with Gasteiger partial charge in [0.15, 0.2) is 5.65 Å². The Morgan fingerprint density at radius 1 is 1.14 bits per heavy atom. The molecule has 2 heterocycles. The predicted molar refractivity (Wildman–Crippen MR) is 107 cm³/mol. The van der Waals surface area contributed by atoms with Crippen LogP contribution in [0.1, 0.15) is 42.5 Å². The summed E-state index contributed by atoms with van der Waals surface area (Å²) in [6.07, 6.45) is 1.45. The standard InChI is InChI=1S/C19H23N5O3S/c1-12-9-13(2)24-17(21-12)16(11-20-24)18(25)22-14-7-6-8-15(10-14)28(26,27)23-19(3,4)5/h6-11,23H,1-5H3,(H,22,25). The molecule has 3 rings (SSSR count). The highest BCUT2D eigenvalue weighted by molar-refractivity contribution is 7.89. The summed E-state index contributed by atoms with van der Waals surface area (Å²) in [4.78, 5) is 17.2. The van der Waals surface area contributed by atoms with E-state index >= 15 is 0 Å². The Morgan fingerprint density at radius 2 is 1.86 bits per heavy atom. The van der Waals surface area contributed by atoms with Crippen LogP contribution in [0.3, 0.4) is 0 Å². The van der Waals surface area contributed by atoms with Crippen molar-refractivity contribution in [2.45, 2.75) is 45.1 Å². The van der Waals surface area contributed by atoms with Gasteiger partial charge in [-0.15, -0.1) is 0 Å². The van der Waals surface area contributed by atoms with Gasteiger partial charge in [-0.3, -0.25) is 4.79 Å². The van der Waals surface area contributed by atoms with Crippen LogP contribution in [0.25, 0.3) is 5.65 Å². The van der Waals surface area contributed by atoms with Crippen molar-refractivity contribution in [2.75, 3.05) is 5.32 Å². The molecule has 3 aromatic rings. The summed E-state index contributed by atoms with van der Waals surface area (Å²) in [7, 11) is -3.71. The van der Waals surface area contributed by atoms with Crippen molar-refractivity contribution in [3.63, 3.8) is 0 Å². The number of nitrogens with zero attached hydrogens (tertiary/aromatic N) is 3. The summed E-state index contributed by atoms with van der Waals surface area (Å²) >= 11 is 0. The third-order valence-electron chi connectivity index (χ3n) is 3.87. The van der Waals surface area contributed by atoms with Crippen molar-refractivity contribution >= 4 is 27.3 Å². The van der Waals surface area contributed by atoms with E-state index in [9.17, 15) is 13.2 Å². The van der Waals surface area contributed by atoms with Crippen LogP contribution in [0.15, 0.2) is 41.4 Å². The third kappa shape index (κ3) is 4.20. The fourth-order valence-electron chi connectivity index (χ4n) is 2.83. The lowest BCUT2D eigenvalue weighted by molar-refractivity contribution is 0.102. The molecule has 2 N–H and O–H groups in total. The molecule has 0 aliphatic heterocycles. The van der Waals surface area contributed by atoms with Crippen LogP contribution in [0.4, 0.5) is 5.69 Å². The largest absolute Gasteiger partial charge is 0.322 e. The second-order valence-electron chi connectivity index (χ2n) is 7.67. The van der Waals surface area contributed by atoms with Gasteiger partial charge in [0.25, 0.3) is 5.91 Å². The Morgan fingerprint density at radius 3 is 2.54 bits per heavy atom. The molecule has 9 heteroatoms. The van der Waals surface area contributed by atoms with Crippen molar-refractivity contribution in [1.82, 2.24) is 19.3 Å². The minimum absolute atomic E-state index is 0.0740. The summed E-state index contributed by atoms with van der Waals surface area (Å²) in [6.45, 7) is 9.01. The van der Waals surface area contributed by atoms with Crippen molar-refractivity contribution in [3.8, 4) is 0 Å². The number of carbonyl (C=O) groups is 1. The SMILES string of the molecule is Cc1cc(C)n2ncc(C(=O)Nc3cccc(S(=O)(=O)NC(C)(C)C)c3)c2n1. The maximum Gasteiger partial charge on any atom is 0.261 e. The van der Waals surface area contributed by atoms with E-state index in [-0.39, 0.29) is 4.90 Å². The molecule has 1 aromatic carbocycles.